The van der Waals surface area contributed by atoms with Gasteiger partial charge in [0, 0.05) is 11.3 Å². The number of rotatable bonds is 3. The van der Waals surface area contributed by atoms with Gasteiger partial charge in [-0.15, -0.1) is 0 Å². The van der Waals surface area contributed by atoms with Crippen LogP contribution in [0.2, 0.25) is 0 Å². The summed E-state index contributed by atoms with van der Waals surface area (Å²) in [7, 11) is 0. The Morgan fingerprint density at radius 2 is 1.89 bits per heavy atom. The van der Waals surface area contributed by atoms with Crippen LogP contribution in [0.4, 0.5) is 0 Å². The van der Waals surface area contributed by atoms with Crippen molar-refractivity contribution in [2.24, 2.45) is 5.92 Å². The summed E-state index contributed by atoms with van der Waals surface area (Å²) in [6.45, 7) is 4.46. The first-order valence-corrected chi connectivity index (χ1v) is 8.99. The second-order valence-corrected chi connectivity index (χ2v) is 7.93. The molecule has 1 N–H and O–H groups in total. The summed E-state index contributed by atoms with van der Waals surface area (Å²) in [5.41, 5.74) is -0.148. The Labute approximate surface area is 120 Å². The Balaban J connectivity index is 1.73. The molecule has 19 heavy (non-hydrogen) atoms. The van der Waals surface area contributed by atoms with Crippen LogP contribution in [0, 0.1) is 5.92 Å². The summed E-state index contributed by atoms with van der Waals surface area (Å²) in [4.78, 5) is 14.9. The van der Waals surface area contributed by atoms with Crippen LogP contribution < -0.4 is 5.32 Å². The molecule has 1 aliphatic heterocycles. The van der Waals surface area contributed by atoms with Crippen LogP contribution in [0.15, 0.2) is 0 Å². The van der Waals surface area contributed by atoms with Gasteiger partial charge in [-0.05, 0) is 50.7 Å². The number of carbonyl (C=O) groups is 1. The van der Waals surface area contributed by atoms with E-state index in [4.69, 9.17) is 0 Å². The second kappa shape index (κ2) is 4.96. The molecule has 1 amide bonds. The van der Waals surface area contributed by atoms with Gasteiger partial charge < -0.3 is 4.90 Å². The van der Waals surface area contributed by atoms with Gasteiger partial charge in [-0.25, -0.2) is 0 Å². The molecule has 1 unspecified atom stereocenters. The van der Waals surface area contributed by atoms with Crippen LogP contribution in [-0.2, 0) is 4.79 Å². The third-order valence-corrected chi connectivity index (χ3v) is 6.26. The molecule has 1 atom stereocenters. The van der Waals surface area contributed by atoms with E-state index in [9.17, 15) is 4.79 Å². The molecule has 3 aliphatic rings. The maximum absolute atomic E-state index is 12.7. The highest BCUT2D eigenvalue weighted by Gasteiger charge is 2.60. The fourth-order valence-electron chi connectivity index (χ4n) is 3.71. The molecule has 0 aromatic rings. The molecule has 2 saturated carbocycles. The van der Waals surface area contributed by atoms with E-state index in [0.29, 0.717) is 17.9 Å². The number of hydrogen-bond donors (Lipinski definition) is 1. The number of amides is 1. The van der Waals surface area contributed by atoms with Crippen LogP contribution in [0.25, 0.3) is 0 Å². The lowest BCUT2D eigenvalue weighted by molar-refractivity contribution is -0.134. The monoisotopic (exact) mass is 282 g/mol. The zero-order valence-corrected chi connectivity index (χ0v) is 13.1. The minimum atomic E-state index is -0.148. The summed E-state index contributed by atoms with van der Waals surface area (Å²) in [6.07, 6.45) is 9.50. The minimum absolute atomic E-state index is 0.148. The Hall–Kier alpha value is -0.220. The third kappa shape index (κ3) is 2.31. The van der Waals surface area contributed by atoms with Crippen LogP contribution in [-0.4, -0.2) is 40.1 Å². The lowest BCUT2D eigenvalue weighted by Gasteiger charge is -2.38. The van der Waals surface area contributed by atoms with E-state index in [1.54, 1.807) is 0 Å². The molecule has 4 heteroatoms. The zero-order valence-electron chi connectivity index (χ0n) is 12.3. The topological polar surface area (TPSA) is 32.3 Å². The van der Waals surface area contributed by atoms with Gasteiger partial charge >= 0.3 is 0 Å². The fourth-order valence-corrected chi connectivity index (χ4v) is 4.45. The van der Waals surface area contributed by atoms with Crippen LogP contribution in [0.1, 0.15) is 52.4 Å². The van der Waals surface area contributed by atoms with Crippen LogP contribution >= 0.6 is 11.8 Å². The van der Waals surface area contributed by atoms with E-state index in [2.05, 4.69) is 30.3 Å². The Morgan fingerprint density at radius 1 is 1.26 bits per heavy atom. The molecule has 1 saturated heterocycles. The first-order chi connectivity index (χ1) is 9.07. The summed E-state index contributed by atoms with van der Waals surface area (Å²) in [5.74, 6) is 0.904. The molecule has 1 heterocycles. The van der Waals surface area contributed by atoms with Crippen LogP contribution in [0.3, 0.4) is 0 Å². The molecular formula is C15H26N2OS. The number of hydrogen-bond acceptors (Lipinski definition) is 3. The van der Waals surface area contributed by atoms with Crippen molar-refractivity contribution in [2.45, 2.75) is 75.4 Å². The average Bonchev–Trinajstić information content (AvgIpc) is 3.13. The molecule has 0 aromatic heterocycles. The molecule has 0 radical (unpaired) electrons. The van der Waals surface area contributed by atoms with Gasteiger partial charge in [0.05, 0.1) is 11.7 Å². The highest BCUT2D eigenvalue weighted by Crippen LogP contribution is 2.45. The molecule has 108 valence electrons. The largest absolute Gasteiger partial charge is 0.322 e. The van der Waals surface area contributed by atoms with Gasteiger partial charge in [-0.2, -0.15) is 11.8 Å². The summed E-state index contributed by atoms with van der Waals surface area (Å²) in [5, 5.41) is 4.45. The summed E-state index contributed by atoms with van der Waals surface area (Å²) in [6, 6.07) is 0.482. The summed E-state index contributed by atoms with van der Waals surface area (Å²) >= 11 is 1.99. The third-order valence-electron chi connectivity index (χ3n) is 5.12. The van der Waals surface area contributed by atoms with Gasteiger partial charge in [-0.1, -0.05) is 13.8 Å². The fraction of sp³-hybridized carbons (Fsp3) is 0.933. The SMILES string of the molecule is CSC1CCC(N2C(=O)C3(CC3)NC2C(C)C)CC1. The van der Waals surface area contributed by atoms with E-state index in [1.807, 2.05) is 11.8 Å². The van der Waals surface area contributed by atoms with Gasteiger partial charge in [0.25, 0.3) is 0 Å². The zero-order chi connectivity index (χ0) is 13.6. The number of nitrogens with one attached hydrogen (secondary N) is 1. The molecular weight excluding hydrogens is 256 g/mol. The number of nitrogens with zero attached hydrogens (tertiary/aromatic N) is 1. The Kier molecular flexibility index (Phi) is 3.59. The number of carbonyl (C=O) groups excluding carboxylic acids is 1. The molecule has 3 rings (SSSR count). The van der Waals surface area contributed by atoms with E-state index < -0.39 is 0 Å². The Morgan fingerprint density at radius 3 is 2.37 bits per heavy atom. The average molecular weight is 282 g/mol. The van der Waals surface area contributed by atoms with E-state index in [-0.39, 0.29) is 11.7 Å². The van der Waals surface area contributed by atoms with Crippen molar-refractivity contribution in [3.63, 3.8) is 0 Å². The molecule has 2 aliphatic carbocycles. The molecule has 3 fully saturated rings. The lowest BCUT2D eigenvalue weighted by atomic mass is 9.92. The first-order valence-electron chi connectivity index (χ1n) is 7.70. The van der Waals surface area contributed by atoms with Crippen molar-refractivity contribution in [2.75, 3.05) is 6.26 Å². The highest BCUT2D eigenvalue weighted by atomic mass is 32.2. The smallest absolute Gasteiger partial charge is 0.244 e. The molecule has 1 spiro atoms. The van der Waals surface area contributed by atoms with Gasteiger partial charge in [-0.3, -0.25) is 10.1 Å². The first kappa shape index (κ1) is 13.7. The second-order valence-electron chi connectivity index (χ2n) is 6.79. The van der Waals surface area contributed by atoms with Gasteiger partial charge in [0.2, 0.25) is 5.91 Å². The predicted molar refractivity (Wildman–Crippen MR) is 80.1 cm³/mol. The van der Waals surface area contributed by atoms with Crippen molar-refractivity contribution in [1.82, 2.24) is 10.2 Å². The van der Waals surface area contributed by atoms with Crippen molar-refractivity contribution in [3.05, 3.63) is 0 Å². The maximum Gasteiger partial charge on any atom is 0.244 e. The Bertz CT molecular complexity index is 359. The highest BCUT2D eigenvalue weighted by molar-refractivity contribution is 7.99. The van der Waals surface area contributed by atoms with E-state index in [0.717, 1.165) is 18.1 Å². The van der Waals surface area contributed by atoms with Crippen molar-refractivity contribution >= 4 is 17.7 Å². The van der Waals surface area contributed by atoms with Crippen molar-refractivity contribution < 1.29 is 4.79 Å². The summed E-state index contributed by atoms with van der Waals surface area (Å²) < 4.78 is 0. The normalized spacial score (nSPS) is 37.4. The maximum atomic E-state index is 12.7. The lowest BCUT2D eigenvalue weighted by Crippen LogP contribution is -2.48. The van der Waals surface area contributed by atoms with E-state index >= 15 is 0 Å². The van der Waals surface area contributed by atoms with Crippen molar-refractivity contribution in [1.29, 1.82) is 0 Å². The number of thioether (sulfide) groups is 1. The molecule has 0 bridgehead atoms. The minimum Gasteiger partial charge on any atom is -0.322 e. The quantitative estimate of drug-likeness (QED) is 0.863. The van der Waals surface area contributed by atoms with Gasteiger partial charge in [0.15, 0.2) is 0 Å². The van der Waals surface area contributed by atoms with Crippen molar-refractivity contribution in [3.8, 4) is 0 Å². The molecule has 3 nitrogen and oxygen atoms in total. The van der Waals surface area contributed by atoms with Crippen LogP contribution in [0.5, 0.6) is 0 Å². The molecule has 0 aromatic carbocycles. The van der Waals surface area contributed by atoms with Gasteiger partial charge in [0.1, 0.15) is 0 Å². The standard InChI is InChI=1S/C15H26N2OS/c1-10(2)13-16-15(8-9-15)14(18)17(13)11-4-6-12(19-3)7-5-11/h10-13,16H,4-9H2,1-3H3. The van der Waals surface area contributed by atoms with E-state index in [1.165, 1.54) is 25.7 Å². The predicted octanol–water partition coefficient (Wildman–Crippen LogP) is 2.61.